The molecule has 0 bridgehead atoms. The van der Waals surface area contributed by atoms with Crippen LogP contribution < -0.4 is 14.8 Å². The van der Waals surface area contributed by atoms with Gasteiger partial charge >= 0.3 is 0 Å². The molecule has 2 aromatic carbocycles. The number of carbonyl (C=O) groups excluding carboxylic acids is 1. The first-order valence-electron chi connectivity index (χ1n) is 10.3. The van der Waals surface area contributed by atoms with Gasteiger partial charge in [0.05, 0.1) is 19.8 Å². The molecule has 0 unspecified atom stereocenters. The maximum absolute atomic E-state index is 13.7. The van der Waals surface area contributed by atoms with Crippen molar-refractivity contribution < 1.29 is 18.7 Å². The third-order valence-electron chi connectivity index (χ3n) is 5.59. The molecule has 6 heteroatoms. The Morgan fingerprint density at radius 3 is 2.79 bits per heavy atom. The molecule has 1 N–H and O–H groups in total. The summed E-state index contributed by atoms with van der Waals surface area (Å²) in [6, 6.07) is 11.3. The molecule has 1 amide bonds. The number of likely N-dealkylation sites (tertiary alicyclic amines) is 1. The second-order valence-corrected chi connectivity index (χ2v) is 7.75. The lowest BCUT2D eigenvalue weighted by molar-refractivity contribution is -0.122. The van der Waals surface area contributed by atoms with Crippen molar-refractivity contribution in [3.8, 4) is 11.5 Å². The van der Waals surface area contributed by atoms with Gasteiger partial charge in [-0.3, -0.25) is 9.69 Å². The first kappa shape index (κ1) is 19.7. The summed E-state index contributed by atoms with van der Waals surface area (Å²) in [5, 5.41) is 2.91. The molecule has 2 heterocycles. The molecular weight excluding hydrogens is 371 g/mol. The van der Waals surface area contributed by atoms with E-state index in [4.69, 9.17) is 9.47 Å². The van der Waals surface area contributed by atoms with Gasteiger partial charge in [0, 0.05) is 19.0 Å². The van der Waals surface area contributed by atoms with Gasteiger partial charge in [0.15, 0.2) is 11.5 Å². The molecule has 2 aliphatic rings. The number of halogens is 1. The molecule has 2 aromatic rings. The third-order valence-corrected chi connectivity index (χ3v) is 5.59. The average Bonchev–Trinajstić information content (AvgIpc) is 3.04. The average molecular weight is 398 g/mol. The predicted molar refractivity (Wildman–Crippen MR) is 109 cm³/mol. The van der Waals surface area contributed by atoms with Crippen LogP contribution in [0.4, 0.5) is 4.39 Å². The minimum atomic E-state index is -0.245. The molecule has 0 spiro atoms. The van der Waals surface area contributed by atoms with E-state index in [9.17, 15) is 9.18 Å². The second-order valence-electron chi connectivity index (χ2n) is 7.75. The SMILES string of the molecule is Cc1ccc(CNC(=O)CN2CCC[C@H]2c2ccc3c(c2)OCCCO3)cc1F. The van der Waals surface area contributed by atoms with Crippen LogP contribution in [0, 0.1) is 12.7 Å². The molecule has 0 aromatic heterocycles. The largest absolute Gasteiger partial charge is 0.490 e. The van der Waals surface area contributed by atoms with Gasteiger partial charge in [-0.15, -0.1) is 0 Å². The summed E-state index contributed by atoms with van der Waals surface area (Å²) in [4.78, 5) is 14.7. The molecule has 29 heavy (non-hydrogen) atoms. The second kappa shape index (κ2) is 8.82. The van der Waals surface area contributed by atoms with E-state index >= 15 is 0 Å². The Hall–Kier alpha value is -2.60. The Bertz CT molecular complexity index is 886. The van der Waals surface area contributed by atoms with E-state index in [1.165, 1.54) is 6.07 Å². The fraction of sp³-hybridized carbons (Fsp3) is 0.435. The summed E-state index contributed by atoms with van der Waals surface area (Å²) in [6.07, 6.45) is 2.94. The third kappa shape index (κ3) is 4.70. The van der Waals surface area contributed by atoms with Gasteiger partial charge in [0.2, 0.25) is 5.91 Å². The van der Waals surface area contributed by atoms with Crippen LogP contribution in [0.3, 0.4) is 0 Å². The maximum atomic E-state index is 13.7. The number of hydrogen-bond acceptors (Lipinski definition) is 4. The summed E-state index contributed by atoms with van der Waals surface area (Å²) in [6.45, 7) is 4.60. The molecular formula is C23H27FN2O3. The quantitative estimate of drug-likeness (QED) is 0.834. The van der Waals surface area contributed by atoms with Gasteiger partial charge in [-0.05, 0) is 61.2 Å². The van der Waals surface area contributed by atoms with Gasteiger partial charge in [-0.1, -0.05) is 18.2 Å². The number of fused-ring (bicyclic) bond motifs is 1. The normalized spacial score (nSPS) is 19.0. The van der Waals surface area contributed by atoms with Crippen molar-refractivity contribution in [1.29, 1.82) is 0 Å². The van der Waals surface area contributed by atoms with Gasteiger partial charge in [-0.2, -0.15) is 0 Å². The Morgan fingerprint density at radius 2 is 1.97 bits per heavy atom. The van der Waals surface area contributed by atoms with Crippen LogP contribution in [0.5, 0.6) is 11.5 Å². The molecule has 5 nitrogen and oxygen atoms in total. The highest BCUT2D eigenvalue weighted by Crippen LogP contribution is 2.37. The molecule has 4 rings (SSSR count). The zero-order chi connectivity index (χ0) is 20.2. The standard InChI is InChI=1S/C23H27FN2O3/c1-16-5-6-17(12-19(16)24)14-25-23(27)15-26-9-2-4-20(26)18-7-8-21-22(13-18)29-11-3-10-28-21/h5-8,12-13,20H,2-4,9-11,14-15H2,1H3,(H,25,27)/t20-/m0/s1. The van der Waals surface area contributed by atoms with Crippen LogP contribution in [0.1, 0.15) is 42.0 Å². The van der Waals surface area contributed by atoms with Crippen LogP contribution in [-0.4, -0.2) is 37.1 Å². The van der Waals surface area contributed by atoms with E-state index < -0.39 is 0 Å². The zero-order valence-electron chi connectivity index (χ0n) is 16.7. The lowest BCUT2D eigenvalue weighted by Gasteiger charge is -2.25. The monoisotopic (exact) mass is 398 g/mol. The summed E-state index contributed by atoms with van der Waals surface area (Å²) >= 11 is 0. The minimum absolute atomic E-state index is 0.0489. The number of rotatable bonds is 5. The van der Waals surface area contributed by atoms with Crippen molar-refractivity contribution in [2.45, 2.75) is 38.8 Å². The van der Waals surface area contributed by atoms with Crippen molar-refractivity contribution in [2.75, 3.05) is 26.3 Å². The lowest BCUT2D eigenvalue weighted by Crippen LogP contribution is -2.36. The fourth-order valence-corrected chi connectivity index (χ4v) is 3.97. The molecule has 0 radical (unpaired) electrons. The van der Waals surface area contributed by atoms with Crippen LogP contribution in [0.2, 0.25) is 0 Å². The summed E-state index contributed by atoms with van der Waals surface area (Å²) < 4.78 is 25.2. The lowest BCUT2D eigenvalue weighted by atomic mass is 10.0. The fourth-order valence-electron chi connectivity index (χ4n) is 3.97. The van der Waals surface area contributed by atoms with Crippen LogP contribution in [0.25, 0.3) is 0 Å². The molecule has 1 atom stereocenters. The smallest absolute Gasteiger partial charge is 0.234 e. The van der Waals surface area contributed by atoms with Crippen molar-refractivity contribution in [2.24, 2.45) is 0 Å². The van der Waals surface area contributed by atoms with E-state index in [0.29, 0.717) is 31.9 Å². The summed E-state index contributed by atoms with van der Waals surface area (Å²) in [7, 11) is 0. The molecule has 2 aliphatic heterocycles. The van der Waals surface area contributed by atoms with Gasteiger partial charge in [0.25, 0.3) is 0 Å². The number of ether oxygens (including phenoxy) is 2. The molecule has 1 fully saturated rings. The predicted octanol–water partition coefficient (Wildman–Crippen LogP) is 3.75. The highest BCUT2D eigenvalue weighted by Gasteiger charge is 2.28. The summed E-state index contributed by atoms with van der Waals surface area (Å²) in [5.41, 5.74) is 2.53. The Kier molecular flexibility index (Phi) is 6.00. The number of nitrogens with one attached hydrogen (secondary N) is 1. The topological polar surface area (TPSA) is 50.8 Å². The first-order valence-corrected chi connectivity index (χ1v) is 10.3. The van der Waals surface area contributed by atoms with E-state index in [1.54, 1.807) is 13.0 Å². The van der Waals surface area contributed by atoms with E-state index in [0.717, 1.165) is 48.4 Å². The van der Waals surface area contributed by atoms with Gasteiger partial charge < -0.3 is 14.8 Å². The molecule has 0 saturated carbocycles. The highest BCUT2D eigenvalue weighted by atomic mass is 19.1. The molecule has 154 valence electrons. The number of hydrogen-bond donors (Lipinski definition) is 1. The highest BCUT2D eigenvalue weighted by molar-refractivity contribution is 5.78. The van der Waals surface area contributed by atoms with Crippen molar-refractivity contribution in [3.05, 3.63) is 58.9 Å². The van der Waals surface area contributed by atoms with E-state index in [1.807, 2.05) is 12.1 Å². The number of amides is 1. The first-order chi connectivity index (χ1) is 14.1. The minimum Gasteiger partial charge on any atom is -0.490 e. The van der Waals surface area contributed by atoms with Crippen LogP contribution in [0.15, 0.2) is 36.4 Å². The number of aryl methyl sites for hydroxylation is 1. The zero-order valence-corrected chi connectivity index (χ0v) is 16.7. The number of nitrogens with zero attached hydrogens (tertiary/aromatic N) is 1. The Labute approximate surface area is 170 Å². The van der Waals surface area contributed by atoms with E-state index in [-0.39, 0.29) is 17.8 Å². The molecule has 0 aliphatic carbocycles. The van der Waals surface area contributed by atoms with Crippen LogP contribution in [-0.2, 0) is 11.3 Å². The van der Waals surface area contributed by atoms with Gasteiger partial charge in [-0.25, -0.2) is 4.39 Å². The summed E-state index contributed by atoms with van der Waals surface area (Å²) in [5.74, 6) is 1.29. The Morgan fingerprint density at radius 1 is 1.14 bits per heavy atom. The van der Waals surface area contributed by atoms with Crippen molar-refractivity contribution in [1.82, 2.24) is 10.2 Å². The van der Waals surface area contributed by atoms with Crippen molar-refractivity contribution >= 4 is 5.91 Å². The van der Waals surface area contributed by atoms with E-state index in [2.05, 4.69) is 22.3 Å². The maximum Gasteiger partial charge on any atom is 0.234 e. The van der Waals surface area contributed by atoms with Crippen molar-refractivity contribution in [3.63, 3.8) is 0 Å². The van der Waals surface area contributed by atoms with Crippen LogP contribution >= 0.6 is 0 Å². The van der Waals surface area contributed by atoms with Gasteiger partial charge in [0.1, 0.15) is 5.82 Å². The number of carbonyl (C=O) groups is 1. The Balaban J connectivity index is 1.37. The molecule has 1 saturated heterocycles. The number of benzene rings is 2.